The highest BCUT2D eigenvalue weighted by Gasteiger charge is 2.17. The number of hydrogen-bond donors (Lipinski definition) is 2. The Bertz CT molecular complexity index is 895. The number of nitrogens with one attached hydrogen (secondary N) is 2. The fourth-order valence-electron chi connectivity index (χ4n) is 1.98. The molecule has 1 amide bonds. The molecule has 3 aromatic rings. The lowest BCUT2D eigenvalue weighted by Crippen LogP contribution is -2.19. The van der Waals surface area contributed by atoms with Crippen LogP contribution in [0.2, 0.25) is 0 Å². The standard InChI is InChI=1S/C14H12N4O3/c1-7-8(2)18-21-14(7)15-13(20)11-9-5-3-4-6-10(9)12(19)17-16-11/h3-6H,1-2H3,(H,15,20)(H,17,19). The van der Waals surface area contributed by atoms with Crippen molar-refractivity contribution >= 4 is 22.6 Å². The average molecular weight is 284 g/mol. The van der Waals surface area contributed by atoms with Crippen molar-refractivity contribution in [3.05, 3.63) is 51.6 Å². The van der Waals surface area contributed by atoms with Crippen LogP contribution in [-0.2, 0) is 0 Å². The summed E-state index contributed by atoms with van der Waals surface area (Å²) >= 11 is 0. The predicted molar refractivity (Wildman–Crippen MR) is 76.3 cm³/mol. The molecule has 0 aliphatic heterocycles. The number of carbonyl (C=O) groups is 1. The third kappa shape index (κ3) is 2.18. The summed E-state index contributed by atoms with van der Waals surface area (Å²) in [7, 11) is 0. The van der Waals surface area contributed by atoms with Crippen molar-refractivity contribution in [1.29, 1.82) is 0 Å². The average Bonchev–Trinajstić information content (AvgIpc) is 2.80. The van der Waals surface area contributed by atoms with Crippen LogP contribution in [0.15, 0.2) is 33.6 Å². The maximum atomic E-state index is 12.3. The zero-order chi connectivity index (χ0) is 15.0. The van der Waals surface area contributed by atoms with Crippen LogP contribution >= 0.6 is 0 Å². The van der Waals surface area contributed by atoms with Crippen LogP contribution in [0.3, 0.4) is 0 Å². The van der Waals surface area contributed by atoms with Gasteiger partial charge in [-0.25, -0.2) is 5.10 Å². The third-order valence-electron chi connectivity index (χ3n) is 3.30. The largest absolute Gasteiger partial charge is 0.338 e. The van der Waals surface area contributed by atoms with Crippen molar-refractivity contribution in [2.75, 3.05) is 5.32 Å². The summed E-state index contributed by atoms with van der Waals surface area (Å²) in [4.78, 5) is 24.0. The maximum absolute atomic E-state index is 12.3. The zero-order valence-electron chi connectivity index (χ0n) is 11.4. The Balaban J connectivity index is 2.05. The van der Waals surface area contributed by atoms with Gasteiger partial charge in [-0.15, -0.1) is 0 Å². The first-order valence-corrected chi connectivity index (χ1v) is 6.29. The van der Waals surface area contributed by atoms with E-state index in [1.165, 1.54) is 0 Å². The van der Waals surface area contributed by atoms with E-state index < -0.39 is 5.91 Å². The Morgan fingerprint density at radius 3 is 2.62 bits per heavy atom. The molecule has 2 heterocycles. The quantitative estimate of drug-likeness (QED) is 0.747. The van der Waals surface area contributed by atoms with Crippen molar-refractivity contribution in [1.82, 2.24) is 15.4 Å². The van der Waals surface area contributed by atoms with Crippen LogP contribution < -0.4 is 10.9 Å². The lowest BCUT2D eigenvalue weighted by atomic mass is 10.1. The van der Waals surface area contributed by atoms with Crippen molar-refractivity contribution < 1.29 is 9.32 Å². The summed E-state index contributed by atoms with van der Waals surface area (Å²) in [6.45, 7) is 3.57. The molecule has 21 heavy (non-hydrogen) atoms. The highest BCUT2D eigenvalue weighted by atomic mass is 16.5. The van der Waals surface area contributed by atoms with E-state index in [-0.39, 0.29) is 17.1 Å². The molecule has 1 aromatic carbocycles. The van der Waals surface area contributed by atoms with E-state index in [1.807, 2.05) is 0 Å². The van der Waals surface area contributed by atoms with Crippen molar-refractivity contribution in [3.8, 4) is 0 Å². The second-order valence-electron chi connectivity index (χ2n) is 4.62. The third-order valence-corrected chi connectivity index (χ3v) is 3.30. The molecule has 0 unspecified atom stereocenters. The molecule has 0 saturated carbocycles. The first-order valence-electron chi connectivity index (χ1n) is 6.29. The molecule has 0 radical (unpaired) electrons. The number of rotatable bonds is 2. The lowest BCUT2D eigenvalue weighted by molar-refractivity contribution is 0.101. The zero-order valence-corrected chi connectivity index (χ0v) is 11.4. The molecule has 3 rings (SSSR count). The van der Waals surface area contributed by atoms with Gasteiger partial charge in [-0.05, 0) is 19.9 Å². The van der Waals surface area contributed by atoms with Gasteiger partial charge in [0.15, 0.2) is 5.69 Å². The predicted octanol–water partition coefficient (Wildman–Crippen LogP) is 1.78. The van der Waals surface area contributed by atoms with Crippen molar-refractivity contribution in [2.45, 2.75) is 13.8 Å². The topological polar surface area (TPSA) is 101 Å². The van der Waals surface area contributed by atoms with E-state index in [0.717, 1.165) is 5.56 Å². The van der Waals surface area contributed by atoms with Gasteiger partial charge in [0, 0.05) is 10.9 Å². The summed E-state index contributed by atoms with van der Waals surface area (Å²) in [5.74, 6) is -0.198. The maximum Gasteiger partial charge on any atom is 0.279 e. The fraction of sp³-hybridized carbons (Fsp3) is 0.143. The lowest BCUT2D eigenvalue weighted by Gasteiger charge is -2.04. The summed E-state index contributed by atoms with van der Waals surface area (Å²) in [6, 6.07) is 6.77. The molecule has 0 saturated heterocycles. The highest BCUT2D eigenvalue weighted by Crippen LogP contribution is 2.19. The summed E-state index contributed by atoms with van der Waals surface area (Å²) in [6.07, 6.45) is 0. The smallest absolute Gasteiger partial charge is 0.279 e. The van der Waals surface area contributed by atoms with Gasteiger partial charge in [-0.3, -0.25) is 14.9 Å². The van der Waals surface area contributed by atoms with Crippen LogP contribution in [0, 0.1) is 13.8 Å². The Morgan fingerprint density at radius 2 is 1.95 bits per heavy atom. The molecule has 7 heteroatoms. The van der Waals surface area contributed by atoms with Crippen molar-refractivity contribution in [3.63, 3.8) is 0 Å². The van der Waals surface area contributed by atoms with E-state index in [2.05, 4.69) is 20.7 Å². The SMILES string of the molecule is Cc1noc(NC(=O)c2n[nH]c(=O)c3ccccc23)c1C. The number of aromatic amines is 1. The van der Waals surface area contributed by atoms with Gasteiger partial charge in [0.05, 0.1) is 11.1 Å². The Labute approximate surface area is 119 Å². The molecular weight excluding hydrogens is 272 g/mol. The molecule has 106 valence electrons. The van der Waals surface area contributed by atoms with E-state index in [1.54, 1.807) is 38.1 Å². The first kappa shape index (κ1) is 13.0. The second-order valence-corrected chi connectivity index (χ2v) is 4.62. The molecule has 0 spiro atoms. The Kier molecular flexibility index (Phi) is 3.02. The Morgan fingerprint density at radius 1 is 1.24 bits per heavy atom. The molecule has 2 aromatic heterocycles. The van der Waals surface area contributed by atoms with Gasteiger partial charge < -0.3 is 4.52 Å². The highest BCUT2D eigenvalue weighted by molar-refractivity contribution is 6.10. The summed E-state index contributed by atoms with van der Waals surface area (Å²) in [5, 5.41) is 13.4. The monoisotopic (exact) mass is 284 g/mol. The number of benzene rings is 1. The van der Waals surface area contributed by atoms with Gasteiger partial charge in [0.25, 0.3) is 11.5 Å². The number of nitrogens with zero attached hydrogens (tertiary/aromatic N) is 2. The minimum Gasteiger partial charge on any atom is -0.338 e. The Hall–Kier alpha value is -2.96. The van der Waals surface area contributed by atoms with E-state index in [4.69, 9.17) is 4.52 Å². The van der Waals surface area contributed by atoms with Gasteiger partial charge >= 0.3 is 0 Å². The van der Waals surface area contributed by atoms with Crippen LogP contribution in [0.25, 0.3) is 10.8 Å². The van der Waals surface area contributed by atoms with E-state index in [0.29, 0.717) is 16.5 Å². The van der Waals surface area contributed by atoms with Crippen LogP contribution in [0.5, 0.6) is 0 Å². The molecule has 0 aliphatic carbocycles. The molecule has 7 nitrogen and oxygen atoms in total. The number of anilines is 1. The van der Waals surface area contributed by atoms with Crippen LogP contribution in [0.1, 0.15) is 21.7 Å². The minimum absolute atomic E-state index is 0.124. The number of carbonyl (C=O) groups excluding carboxylic acids is 1. The number of hydrogen-bond acceptors (Lipinski definition) is 5. The van der Waals surface area contributed by atoms with Gasteiger partial charge in [-0.1, -0.05) is 23.4 Å². The molecule has 0 atom stereocenters. The number of H-pyrrole nitrogens is 1. The second kappa shape index (κ2) is 4.86. The minimum atomic E-state index is -0.471. The van der Waals surface area contributed by atoms with E-state index >= 15 is 0 Å². The molecule has 0 aliphatic rings. The first-order chi connectivity index (χ1) is 10.1. The summed E-state index contributed by atoms with van der Waals surface area (Å²) in [5.41, 5.74) is 1.23. The van der Waals surface area contributed by atoms with Crippen molar-refractivity contribution in [2.24, 2.45) is 0 Å². The molecule has 0 bridgehead atoms. The normalized spacial score (nSPS) is 10.8. The van der Waals surface area contributed by atoms with Gasteiger partial charge in [-0.2, -0.15) is 5.10 Å². The van der Waals surface area contributed by atoms with Crippen LogP contribution in [-0.4, -0.2) is 21.3 Å². The molecule has 2 N–H and O–H groups in total. The summed E-state index contributed by atoms with van der Waals surface area (Å²) < 4.78 is 5.04. The van der Waals surface area contributed by atoms with Gasteiger partial charge in [0.2, 0.25) is 5.88 Å². The van der Waals surface area contributed by atoms with Crippen LogP contribution in [0.4, 0.5) is 5.88 Å². The molecule has 0 fully saturated rings. The molecular formula is C14H12N4O3. The number of aryl methyl sites for hydroxylation is 1. The number of amides is 1. The number of aromatic nitrogens is 3. The number of fused-ring (bicyclic) bond motifs is 1. The van der Waals surface area contributed by atoms with Gasteiger partial charge in [0.1, 0.15) is 0 Å². The fourth-order valence-corrected chi connectivity index (χ4v) is 1.98. The van der Waals surface area contributed by atoms with E-state index in [9.17, 15) is 9.59 Å².